The molecule has 0 spiro atoms. The summed E-state index contributed by atoms with van der Waals surface area (Å²) in [4.78, 5) is 27.0. The number of nitrogens with zero attached hydrogens (tertiary/aromatic N) is 1. The summed E-state index contributed by atoms with van der Waals surface area (Å²) in [6.07, 6.45) is 4.42. The zero-order chi connectivity index (χ0) is 21.3. The number of amides is 1. The third-order valence-corrected chi connectivity index (χ3v) is 5.47. The first-order valence-electron chi connectivity index (χ1n) is 10.9. The molecule has 0 saturated carbocycles. The summed E-state index contributed by atoms with van der Waals surface area (Å²) in [5, 5.41) is 2.88. The fourth-order valence-corrected chi connectivity index (χ4v) is 3.74. The van der Waals surface area contributed by atoms with Gasteiger partial charge in [0.1, 0.15) is 0 Å². The molecule has 30 heavy (non-hydrogen) atoms. The fraction of sp³-hybridized carbons (Fsp3) is 0.440. The summed E-state index contributed by atoms with van der Waals surface area (Å²) in [5.74, 6) is 0.264. The van der Waals surface area contributed by atoms with E-state index in [-0.39, 0.29) is 11.9 Å². The molecule has 1 atom stereocenters. The zero-order valence-corrected chi connectivity index (χ0v) is 18.0. The highest BCUT2D eigenvalue weighted by atomic mass is 16.5. The van der Waals surface area contributed by atoms with Crippen molar-refractivity contribution < 1.29 is 14.3 Å². The number of carbonyl (C=O) groups excluding carboxylic acids is 2. The highest BCUT2D eigenvalue weighted by molar-refractivity contribution is 6.04. The molecule has 1 heterocycles. The third-order valence-electron chi connectivity index (χ3n) is 5.47. The van der Waals surface area contributed by atoms with E-state index >= 15 is 0 Å². The lowest BCUT2D eigenvalue weighted by Gasteiger charge is -2.30. The Morgan fingerprint density at radius 2 is 1.77 bits per heavy atom. The monoisotopic (exact) mass is 408 g/mol. The molecule has 1 fully saturated rings. The number of benzene rings is 2. The van der Waals surface area contributed by atoms with E-state index in [0.29, 0.717) is 23.4 Å². The Kier molecular flexibility index (Phi) is 8.03. The molecule has 0 radical (unpaired) electrons. The molecule has 3 rings (SSSR count). The molecule has 0 unspecified atom stereocenters. The minimum Gasteiger partial charge on any atom is -0.462 e. The van der Waals surface area contributed by atoms with Gasteiger partial charge in [-0.2, -0.15) is 0 Å². The van der Waals surface area contributed by atoms with E-state index in [1.165, 1.54) is 18.4 Å². The first kappa shape index (κ1) is 22.0. The van der Waals surface area contributed by atoms with Gasteiger partial charge in [0.2, 0.25) is 0 Å². The number of hydrogen-bond donors (Lipinski definition) is 1. The van der Waals surface area contributed by atoms with Crippen LogP contribution in [0.4, 0.5) is 5.69 Å². The fourth-order valence-electron chi connectivity index (χ4n) is 3.74. The van der Waals surface area contributed by atoms with E-state index < -0.39 is 0 Å². The van der Waals surface area contributed by atoms with Crippen LogP contribution in [0.15, 0.2) is 48.5 Å². The molecule has 160 valence electrons. The van der Waals surface area contributed by atoms with Gasteiger partial charge >= 0.3 is 5.97 Å². The predicted molar refractivity (Wildman–Crippen MR) is 120 cm³/mol. The molecular formula is C25H32N2O3. The van der Waals surface area contributed by atoms with Crippen LogP contribution in [0.3, 0.4) is 0 Å². The molecule has 0 aromatic heterocycles. The quantitative estimate of drug-likeness (QED) is 0.486. The third kappa shape index (κ3) is 6.42. The predicted octanol–water partition coefficient (Wildman–Crippen LogP) is 5.13. The highest BCUT2D eigenvalue weighted by Gasteiger charge is 2.16. The Morgan fingerprint density at radius 1 is 1.07 bits per heavy atom. The van der Waals surface area contributed by atoms with Gasteiger partial charge in [0.15, 0.2) is 0 Å². The van der Waals surface area contributed by atoms with Crippen LogP contribution in [0.2, 0.25) is 0 Å². The van der Waals surface area contributed by atoms with Crippen LogP contribution in [-0.2, 0) is 11.3 Å². The maximum absolute atomic E-state index is 12.5. The summed E-state index contributed by atoms with van der Waals surface area (Å²) in [6.45, 7) is 8.01. The van der Waals surface area contributed by atoms with Crippen LogP contribution in [0.1, 0.15) is 65.8 Å². The number of likely N-dealkylation sites (tertiary alicyclic amines) is 1. The van der Waals surface area contributed by atoms with E-state index in [2.05, 4.69) is 17.1 Å². The van der Waals surface area contributed by atoms with Crippen molar-refractivity contribution in [3.63, 3.8) is 0 Å². The number of esters is 1. The average Bonchev–Trinajstić information content (AvgIpc) is 2.75. The van der Waals surface area contributed by atoms with Crippen LogP contribution in [0.5, 0.6) is 0 Å². The van der Waals surface area contributed by atoms with Crippen LogP contribution in [0, 0.1) is 5.92 Å². The smallest absolute Gasteiger partial charge is 0.338 e. The summed E-state index contributed by atoms with van der Waals surface area (Å²) in [6, 6.07) is 14.6. The van der Waals surface area contributed by atoms with Crippen molar-refractivity contribution in [2.45, 2.75) is 46.1 Å². The number of rotatable bonds is 8. The van der Waals surface area contributed by atoms with Gasteiger partial charge in [-0.3, -0.25) is 9.69 Å². The molecular weight excluding hydrogens is 376 g/mol. The highest BCUT2D eigenvalue weighted by Crippen LogP contribution is 2.18. The van der Waals surface area contributed by atoms with Gasteiger partial charge < -0.3 is 10.1 Å². The van der Waals surface area contributed by atoms with Crippen LogP contribution in [0.25, 0.3) is 0 Å². The maximum Gasteiger partial charge on any atom is 0.338 e. The molecule has 5 nitrogen and oxygen atoms in total. The second kappa shape index (κ2) is 10.9. The average molecular weight is 409 g/mol. The van der Waals surface area contributed by atoms with Crippen molar-refractivity contribution in [1.82, 2.24) is 4.90 Å². The number of hydrogen-bond acceptors (Lipinski definition) is 4. The van der Waals surface area contributed by atoms with Gasteiger partial charge in [0, 0.05) is 24.3 Å². The Hall–Kier alpha value is -2.66. The largest absolute Gasteiger partial charge is 0.462 e. The molecule has 1 aliphatic rings. The van der Waals surface area contributed by atoms with E-state index in [1.807, 2.05) is 31.2 Å². The van der Waals surface area contributed by atoms with Crippen molar-refractivity contribution >= 4 is 17.6 Å². The normalized spacial score (nSPS) is 16.8. The molecule has 1 amide bonds. The number of ether oxygens (including phenoxy) is 1. The van der Waals surface area contributed by atoms with Crippen LogP contribution >= 0.6 is 0 Å². The number of nitrogens with one attached hydrogen (secondary N) is 1. The van der Waals surface area contributed by atoms with E-state index in [0.717, 1.165) is 38.4 Å². The molecule has 1 saturated heterocycles. The minimum atomic E-state index is -0.333. The van der Waals surface area contributed by atoms with Crippen LogP contribution < -0.4 is 5.32 Å². The number of anilines is 1. The zero-order valence-electron chi connectivity index (χ0n) is 18.0. The molecule has 2 aromatic carbocycles. The van der Waals surface area contributed by atoms with Crippen molar-refractivity contribution in [2.24, 2.45) is 5.92 Å². The van der Waals surface area contributed by atoms with Gasteiger partial charge in [0.05, 0.1) is 12.2 Å². The second-order valence-corrected chi connectivity index (χ2v) is 8.20. The van der Waals surface area contributed by atoms with Crippen molar-refractivity contribution in [3.8, 4) is 0 Å². The van der Waals surface area contributed by atoms with E-state index in [1.54, 1.807) is 24.3 Å². The Bertz CT molecular complexity index is 830. The van der Waals surface area contributed by atoms with E-state index in [9.17, 15) is 9.59 Å². The van der Waals surface area contributed by atoms with Gasteiger partial charge in [-0.1, -0.05) is 32.4 Å². The first-order chi connectivity index (χ1) is 14.5. The number of carbonyl (C=O) groups is 2. The number of unbranched alkanes of at least 4 members (excludes halogenated alkanes) is 1. The lowest BCUT2D eigenvalue weighted by atomic mass is 9.99. The lowest BCUT2D eigenvalue weighted by molar-refractivity contribution is 0.0499. The van der Waals surface area contributed by atoms with Crippen LogP contribution in [-0.4, -0.2) is 36.5 Å². The molecule has 0 aliphatic carbocycles. The maximum atomic E-state index is 12.5. The summed E-state index contributed by atoms with van der Waals surface area (Å²) < 4.78 is 5.20. The molecule has 2 aromatic rings. The Labute approximate surface area is 179 Å². The second-order valence-electron chi connectivity index (χ2n) is 8.20. The summed E-state index contributed by atoms with van der Waals surface area (Å²) in [7, 11) is 0. The van der Waals surface area contributed by atoms with Crippen molar-refractivity contribution in [2.75, 3.05) is 25.0 Å². The summed E-state index contributed by atoms with van der Waals surface area (Å²) >= 11 is 0. The van der Waals surface area contributed by atoms with Crippen molar-refractivity contribution in [1.29, 1.82) is 0 Å². The van der Waals surface area contributed by atoms with Gasteiger partial charge in [-0.05, 0) is 73.7 Å². The van der Waals surface area contributed by atoms with E-state index in [4.69, 9.17) is 4.74 Å². The Morgan fingerprint density at radius 3 is 2.43 bits per heavy atom. The molecule has 0 bridgehead atoms. The number of piperidine rings is 1. The molecule has 5 heteroatoms. The molecule has 1 N–H and O–H groups in total. The lowest BCUT2D eigenvalue weighted by Crippen LogP contribution is -2.33. The summed E-state index contributed by atoms with van der Waals surface area (Å²) in [5.41, 5.74) is 2.98. The Balaban J connectivity index is 1.52. The van der Waals surface area contributed by atoms with Gasteiger partial charge in [-0.15, -0.1) is 0 Å². The first-order valence-corrected chi connectivity index (χ1v) is 10.9. The molecule has 1 aliphatic heterocycles. The SMILES string of the molecule is CCCCOC(=O)c1ccc(NC(=O)c2ccc(CN3CCC[C@H](C)C3)cc2)cc1. The standard InChI is InChI=1S/C25H32N2O3/c1-3-4-16-30-25(29)22-11-13-23(14-12-22)26-24(28)21-9-7-20(8-10-21)18-27-15-5-6-19(2)17-27/h7-14,19H,3-6,15-18H2,1-2H3,(H,26,28)/t19-/m0/s1. The topological polar surface area (TPSA) is 58.6 Å². The minimum absolute atomic E-state index is 0.161. The van der Waals surface area contributed by atoms with Gasteiger partial charge in [0.25, 0.3) is 5.91 Å². The van der Waals surface area contributed by atoms with Crippen molar-refractivity contribution in [3.05, 3.63) is 65.2 Å². The van der Waals surface area contributed by atoms with Gasteiger partial charge in [-0.25, -0.2) is 4.79 Å².